The van der Waals surface area contributed by atoms with Crippen LogP contribution in [0.1, 0.15) is 12.8 Å². The summed E-state index contributed by atoms with van der Waals surface area (Å²) in [5, 5.41) is 4.22. The maximum Gasteiger partial charge on any atom is 0.0562 e. The normalized spacial score (nSPS) is 20.7. The predicted molar refractivity (Wildman–Crippen MR) is 67.6 cm³/mol. The van der Waals surface area contributed by atoms with Gasteiger partial charge in [-0.1, -0.05) is 17.7 Å². The molecule has 1 unspecified atom stereocenters. The van der Waals surface area contributed by atoms with Crippen LogP contribution < -0.4 is 11.1 Å². The van der Waals surface area contributed by atoms with E-state index < -0.39 is 0 Å². The van der Waals surface area contributed by atoms with Crippen LogP contribution in [0, 0.1) is 0 Å². The molecule has 1 aliphatic heterocycles. The highest BCUT2D eigenvalue weighted by Gasteiger charge is 2.15. The molecule has 2 nitrogen and oxygen atoms in total. The first-order valence-electron chi connectivity index (χ1n) is 5.17. The third-order valence-electron chi connectivity index (χ3n) is 2.59. The molecule has 1 aromatic rings. The lowest BCUT2D eigenvalue weighted by Crippen LogP contribution is -2.23. The van der Waals surface area contributed by atoms with Crippen molar-refractivity contribution in [1.82, 2.24) is 5.32 Å². The van der Waals surface area contributed by atoms with Gasteiger partial charge in [-0.25, -0.2) is 0 Å². The zero-order valence-electron chi connectivity index (χ0n) is 8.50. The van der Waals surface area contributed by atoms with Crippen LogP contribution in [-0.2, 0) is 0 Å². The number of halogens is 1. The molecule has 0 amide bonds. The number of nitrogens with two attached hydrogens (primary N) is 1. The van der Waals surface area contributed by atoms with Gasteiger partial charge in [-0.2, -0.15) is 0 Å². The number of hydrogen-bond acceptors (Lipinski definition) is 3. The highest BCUT2D eigenvalue weighted by molar-refractivity contribution is 7.99. The number of thioether (sulfide) groups is 1. The molecule has 1 saturated heterocycles. The molecule has 1 atom stereocenters. The molecule has 2 rings (SSSR count). The first-order chi connectivity index (χ1) is 7.27. The van der Waals surface area contributed by atoms with Gasteiger partial charge in [0.05, 0.1) is 5.02 Å². The third-order valence-corrected chi connectivity index (χ3v) is 4.33. The standard InChI is InChI=1S/C11H15ClN2S/c12-9-4-1-5-10(13)11(9)15-7-8-3-2-6-14-8/h1,4-5,8,14H,2-3,6-7,13H2. The number of benzene rings is 1. The van der Waals surface area contributed by atoms with Gasteiger partial charge >= 0.3 is 0 Å². The van der Waals surface area contributed by atoms with Gasteiger partial charge in [0.1, 0.15) is 0 Å². The number of rotatable bonds is 3. The summed E-state index contributed by atoms with van der Waals surface area (Å²) in [6.07, 6.45) is 2.54. The van der Waals surface area contributed by atoms with Crippen molar-refractivity contribution in [2.75, 3.05) is 18.0 Å². The Balaban J connectivity index is 1.97. The van der Waals surface area contributed by atoms with E-state index in [9.17, 15) is 0 Å². The Morgan fingerprint density at radius 1 is 1.53 bits per heavy atom. The van der Waals surface area contributed by atoms with E-state index in [0.29, 0.717) is 6.04 Å². The van der Waals surface area contributed by atoms with Crippen molar-refractivity contribution in [3.8, 4) is 0 Å². The van der Waals surface area contributed by atoms with Crippen LogP contribution in [0.2, 0.25) is 5.02 Å². The lowest BCUT2D eigenvalue weighted by Gasteiger charge is -2.11. The van der Waals surface area contributed by atoms with Crippen molar-refractivity contribution in [3.05, 3.63) is 23.2 Å². The van der Waals surface area contributed by atoms with Gasteiger partial charge in [-0.15, -0.1) is 11.8 Å². The zero-order chi connectivity index (χ0) is 10.7. The molecular weight excluding hydrogens is 228 g/mol. The first-order valence-corrected chi connectivity index (χ1v) is 6.54. The summed E-state index contributed by atoms with van der Waals surface area (Å²) >= 11 is 7.85. The molecule has 15 heavy (non-hydrogen) atoms. The van der Waals surface area contributed by atoms with Gasteiger partial charge in [0.2, 0.25) is 0 Å². The average molecular weight is 243 g/mol. The van der Waals surface area contributed by atoms with Crippen molar-refractivity contribution in [2.45, 2.75) is 23.8 Å². The molecule has 4 heteroatoms. The predicted octanol–water partition coefficient (Wildman–Crippen LogP) is 2.77. The van der Waals surface area contributed by atoms with Crippen molar-refractivity contribution >= 4 is 29.1 Å². The molecule has 1 aliphatic rings. The fourth-order valence-electron chi connectivity index (χ4n) is 1.76. The third kappa shape index (κ3) is 2.80. The minimum atomic E-state index is 0.616. The Morgan fingerprint density at radius 2 is 2.40 bits per heavy atom. The Kier molecular flexibility index (Phi) is 3.78. The monoisotopic (exact) mass is 242 g/mol. The molecule has 0 saturated carbocycles. The summed E-state index contributed by atoms with van der Waals surface area (Å²) in [5.41, 5.74) is 6.66. The summed E-state index contributed by atoms with van der Waals surface area (Å²) in [6.45, 7) is 1.14. The Bertz CT molecular complexity index is 317. The summed E-state index contributed by atoms with van der Waals surface area (Å²) in [7, 11) is 0. The first kappa shape index (κ1) is 11.1. The topological polar surface area (TPSA) is 38.0 Å². The van der Waals surface area contributed by atoms with Crippen LogP contribution in [0.5, 0.6) is 0 Å². The van der Waals surface area contributed by atoms with Gasteiger partial charge in [-0.3, -0.25) is 0 Å². The second-order valence-electron chi connectivity index (χ2n) is 3.76. The fraction of sp³-hybridized carbons (Fsp3) is 0.455. The van der Waals surface area contributed by atoms with E-state index in [4.69, 9.17) is 17.3 Å². The molecule has 1 aromatic carbocycles. The second kappa shape index (κ2) is 5.10. The second-order valence-corrected chi connectivity index (χ2v) is 5.20. The summed E-state index contributed by atoms with van der Waals surface area (Å²) in [5.74, 6) is 1.05. The van der Waals surface area contributed by atoms with Crippen molar-refractivity contribution in [1.29, 1.82) is 0 Å². The molecule has 0 radical (unpaired) electrons. The highest BCUT2D eigenvalue weighted by Crippen LogP contribution is 2.33. The van der Waals surface area contributed by atoms with Crippen LogP contribution in [0.3, 0.4) is 0 Å². The smallest absolute Gasteiger partial charge is 0.0562 e. The van der Waals surface area contributed by atoms with Crippen LogP contribution >= 0.6 is 23.4 Å². The molecular formula is C11H15ClN2S. The average Bonchev–Trinajstić information content (AvgIpc) is 2.70. The van der Waals surface area contributed by atoms with Crippen LogP contribution in [0.25, 0.3) is 0 Å². The molecule has 0 spiro atoms. The van der Waals surface area contributed by atoms with Gasteiger partial charge in [0.25, 0.3) is 0 Å². The van der Waals surface area contributed by atoms with E-state index in [0.717, 1.165) is 27.9 Å². The van der Waals surface area contributed by atoms with E-state index in [-0.39, 0.29) is 0 Å². The molecule has 0 aromatic heterocycles. The maximum absolute atomic E-state index is 6.09. The summed E-state index contributed by atoms with van der Waals surface area (Å²) in [6, 6.07) is 6.29. The SMILES string of the molecule is Nc1cccc(Cl)c1SCC1CCCN1. The van der Waals surface area contributed by atoms with Crippen molar-refractivity contribution in [2.24, 2.45) is 0 Å². The molecule has 1 fully saturated rings. The fourth-order valence-corrected chi connectivity index (χ4v) is 3.20. The highest BCUT2D eigenvalue weighted by atomic mass is 35.5. The summed E-state index contributed by atoms with van der Waals surface area (Å²) < 4.78 is 0. The van der Waals surface area contributed by atoms with Crippen LogP contribution in [0.4, 0.5) is 5.69 Å². The van der Waals surface area contributed by atoms with Gasteiger partial charge in [0.15, 0.2) is 0 Å². The number of nitrogens with one attached hydrogen (secondary N) is 1. The van der Waals surface area contributed by atoms with E-state index in [1.807, 2.05) is 18.2 Å². The molecule has 0 bridgehead atoms. The molecule has 82 valence electrons. The Labute approximate surface area is 99.6 Å². The zero-order valence-corrected chi connectivity index (χ0v) is 10.1. The van der Waals surface area contributed by atoms with Crippen LogP contribution in [-0.4, -0.2) is 18.3 Å². The lowest BCUT2D eigenvalue weighted by molar-refractivity contribution is 0.674. The van der Waals surface area contributed by atoms with E-state index in [1.165, 1.54) is 12.8 Å². The maximum atomic E-state index is 6.09. The number of anilines is 1. The largest absolute Gasteiger partial charge is 0.398 e. The minimum Gasteiger partial charge on any atom is -0.398 e. The quantitative estimate of drug-likeness (QED) is 0.632. The van der Waals surface area contributed by atoms with Crippen LogP contribution in [0.15, 0.2) is 23.1 Å². The van der Waals surface area contributed by atoms with Gasteiger partial charge in [-0.05, 0) is 31.5 Å². The molecule has 3 N–H and O–H groups in total. The number of hydrogen-bond donors (Lipinski definition) is 2. The minimum absolute atomic E-state index is 0.616. The van der Waals surface area contributed by atoms with Crippen molar-refractivity contribution in [3.63, 3.8) is 0 Å². The Morgan fingerprint density at radius 3 is 3.07 bits per heavy atom. The lowest BCUT2D eigenvalue weighted by atomic mass is 10.3. The van der Waals surface area contributed by atoms with E-state index in [1.54, 1.807) is 11.8 Å². The van der Waals surface area contributed by atoms with Gasteiger partial charge < -0.3 is 11.1 Å². The summed E-state index contributed by atoms with van der Waals surface area (Å²) in [4.78, 5) is 1.02. The van der Waals surface area contributed by atoms with E-state index >= 15 is 0 Å². The molecule has 0 aliphatic carbocycles. The van der Waals surface area contributed by atoms with E-state index in [2.05, 4.69) is 5.32 Å². The van der Waals surface area contributed by atoms with Gasteiger partial charge in [0, 0.05) is 22.4 Å². The number of nitrogen functional groups attached to an aromatic ring is 1. The van der Waals surface area contributed by atoms with Crippen molar-refractivity contribution < 1.29 is 0 Å². The Hall–Kier alpha value is -0.380. The molecule has 1 heterocycles.